The third kappa shape index (κ3) is 10.5. The molecule has 4 rings (SSSR count). The Hall–Kier alpha value is -3.98. The molecule has 0 unspecified atom stereocenters. The Morgan fingerprint density at radius 3 is 2.33 bits per heavy atom. The largest absolute Gasteiger partial charge is 0.481 e. The number of esters is 1. The molecule has 51 heavy (non-hydrogen) atoms. The molecule has 2 heterocycles. The van der Waals surface area contributed by atoms with E-state index in [9.17, 15) is 37.9 Å². The van der Waals surface area contributed by atoms with Gasteiger partial charge in [0.1, 0.15) is 27.9 Å². The number of carboxylic acids is 1. The molecule has 1 saturated carbocycles. The lowest BCUT2D eigenvalue weighted by Gasteiger charge is -2.37. The first-order chi connectivity index (χ1) is 24.0. The summed E-state index contributed by atoms with van der Waals surface area (Å²) in [7, 11) is 3.60. The molecule has 280 valence electrons. The third-order valence-electron chi connectivity index (χ3n) is 9.78. The third-order valence-corrected chi connectivity index (χ3v) is 10.7. The van der Waals surface area contributed by atoms with Crippen molar-refractivity contribution in [2.45, 2.75) is 109 Å². The van der Waals surface area contributed by atoms with Crippen LogP contribution in [-0.2, 0) is 30.3 Å². The minimum atomic E-state index is -1.09. The number of amides is 3. The first-order valence-electron chi connectivity index (χ1n) is 17.4. The Morgan fingerprint density at radius 2 is 1.76 bits per heavy atom. The fraction of sp³-hybridized carbons (Fsp3) is 0.611. The molecule has 2 aliphatic rings. The minimum Gasteiger partial charge on any atom is -0.481 e. The van der Waals surface area contributed by atoms with Gasteiger partial charge in [-0.15, -0.1) is 11.3 Å². The Morgan fingerprint density at radius 1 is 1.10 bits per heavy atom. The lowest BCUT2D eigenvalue weighted by molar-refractivity contribution is -0.149. The van der Waals surface area contributed by atoms with Gasteiger partial charge in [-0.2, -0.15) is 0 Å². The van der Waals surface area contributed by atoms with Crippen LogP contribution >= 0.6 is 11.3 Å². The van der Waals surface area contributed by atoms with Gasteiger partial charge < -0.3 is 25.4 Å². The molecule has 1 aromatic heterocycles. The van der Waals surface area contributed by atoms with E-state index in [4.69, 9.17) is 4.74 Å². The van der Waals surface area contributed by atoms with Gasteiger partial charge in [0.15, 0.2) is 6.10 Å². The van der Waals surface area contributed by atoms with E-state index >= 15 is 0 Å². The van der Waals surface area contributed by atoms with Crippen molar-refractivity contribution < 1.29 is 42.6 Å². The average molecular weight is 734 g/mol. The van der Waals surface area contributed by atoms with Gasteiger partial charge in [-0.05, 0) is 75.7 Å². The number of likely N-dealkylation sites (N-methyl/N-ethyl adjacent to an activating group) is 2. The van der Waals surface area contributed by atoms with E-state index in [0.717, 1.165) is 55.3 Å². The Labute approximate surface area is 301 Å². The molecule has 0 bridgehead atoms. The first-order valence-corrected chi connectivity index (χ1v) is 18.3. The quantitative estimate of drug-likeness (QED) is 0.212. The van der Waals surface area contributed by atoms with Crippen LogP contribution in [0.3, 0.4) is 0 Å². The van der Waals surface area contributed by atoms with Crippen LogP contribution in [0.5, 0.6) is 0 Å². The number of nitrogens with zero attached hydrogens (tertiary/aromatic N) is 3. The van der Waals surface area contributed by atoms with Crippen LogP contribution in [0.25, 0.3) is 0 Å². The van der Waals surface area contributed by atoms with E-state index < -0.39 is 59.1 Å². The van der Waals surface area contributed by atoms with Crippen molar-refractivity contribution in [2.75, 3.05) is 20.6 Å². The number of thiazole rings is 1. The van der Waals surface area contributed by atoms with Crippen LogP contribution in [0.15, 0.2) is 23.6 Å². The van der Waals surface area contributed by atoms with Crippen LogP contribution in [0.2, 0.25) is 0 Å². The monoisotopic (exact) mass is 733 g/mol. The molecular formula is C36H49F2N5O7S. The van der Waals surface area contributed by atoms with Crippen LogP contribution in [0, 0.1) is 23.5 Å². The highest BCUT2D eigenvalue weighted by Crippen LogP contribution is 2.40. The van der Waals surface area contributed by atoms with Crippen molar-refractivity contribution in [2.24, 2.45) is 11.8 Å². The van der Waals surface area contributed by atoms with E-state index in [1.165, 1.54) is 19.2 Å². The second-order valence-electron chi connectivity index (χ2n) is 14.3. The number of carbonyl (C=O) groups is 5. The van der Waals surface area contributed by atoms with Crippen LogP contribution < -0.4 is 10.6 Å². The van der Waals surface area contributed by atoms with Gasteiger partial charge in [0.2, 0.25) is 11.8 Å². The summed E-state index contributed by atoms with van der Waals surface area (Å²) in [5.74, 6) is -5.20. The summed E-state index contributed by atoms with van der Waals surface area (Å²) in [6.07, 6.45) is 3.01. The Kier molecular flexibility index (Phi) is 13.3. The molecule has 1 aliphatic heterocycles. The number of piperidine rings is 1. The van der Waals surface area contributed by atoms with E-state index in [2.05, 4.69) is 15.6 Å². The normalized spacial score (nSPS) is 19.4. The second-order valence-corrected chi connectivity index (χ2v) is 15.2. The van der Waals surface area contributed by atoms with E-state index in [0.29, 0.717) is 17.8 Å². The van der Waals surface area contributed by atoms with E-state index in [-0.39, 0.29) is 54.3 Å². The van der Waals surface area contributed by atoms with E-state index in [1.807, 2.05) is 25.8 Å². The zero-order valence-corrected chi connectivity index (χ0v) is 30.9. The topological polar surface area (TPSA) is 158 Å². The zero-order chi connectivity index (χ0) is 37.6. The Bertz CT molecular complexity index is 1580. The molecule has 2 aromatic rings. The van der Waals surface area contributed by atoms with Gasteiger partial charge in [0.05, 0.1) is 12.0 Å². The van der Waals surface area contributed by atoms with Crippen molar-refractivity contribution >= 4 is 41.0 Å². The number of aliphatic carboxylic acids is 1. The highest BCUT2D eigenvalue weighted by molar-refractivity contribution is 7.09. The number of likely N-dealkylation sites (tertiary alicyclic amines) is 1. The molecule has 1 saturated heterocycles. The molecule has 3 amide bonds. The fourth-order valence-corrected chi connectivity index (χ4v) is 7.60. The number of halogens is 2. The minimum absolute atomic E-state index is 0.0107. The average Bonchev–Trinajstić information content (AvgIpc) is 3.64. The van der Waals surface area contributed by atoms with Crippen molar-refractivity contribution in [1.82, 2.24) is 25.4 Å². The van der Waals surface area contributed by atoms with Gasteiger partial charge in [-0.1, -0.05) is 27.2 Å². The van der Waals surface area contributed by atoms with Gasteiger partial charge in [-0.25, -0.2) is 13.8 Å². The number of hydrogen-bond acceptors (Lipinski definition) is 9. The molecule has 1 aliphatic carbocycles. The van der Waals surface area contributed by atoms with Gasteiger partial charge in [-0.3, -0.25) is 28.9 Å². The van der Waals surface area contributed by atoms with Crippen molar-refractivity contribution in [3.05, 3.63) is 51.5 Å². The number of carboxylic acid groups (broad SMARTS) is 1. The van der Waals surface area contributed by atoms with Gasteiger partial charge in [0, 0.05) is 43.9 Å². The molecule has 0 radical (unpaired) electrons. The maximum atomic E-state index is 13.9. The number of ether oxygens (including phenoxy) is 1. The van der Waals surface area contributed by atoms with Crippen LogP contribution in [0.4, 0.5) is 8.78 Å². The smallest absolute Gasteiger partial charge is 0.306 e. The van der Waals surface area contributed by atoms with Gasteiger partial charge >= 0.3 is 11.9 Å². The standard InChI is InChI=1S/C36H49F2N5O7S/c1-20(2)29(43(6)35(49)36(10-11-36)41-32(46)28-9-7-8-12-42(28)5)18-30(50-22(4)44)33-40-27(19-51-33)31(45)39-26(13-21(3)34(47)48)16-23-14-24(37)17-25(38)15-23/h14-15,17,19-21,26,28-30H,7-13,16,18H2,1-6H3,(H,39,45)(H,41,46)(H,47,48)/t21-,26+,28+,29+,30+/m0/s1. The molecule has 1 aromatic carbocycles. The number of carbonyl (C=O) groups excluding carboxylic acids is 4. The highest BCUT2D eigenvalue weighted by Gasteiger charge is 2.54. The maximum absolute atomic E-state index is 13.9. The van der Waals surface area contributed by atoms with Crippen LogP contribution in [0.1, 0.15) is 99.8 Å². The number of benzene rings is 1. The van der Waals surface area contributed by atoms with Crippen molar-refractivity contribution in [3.8, 4) is 0 Å². The SMILES string of the molecule is CC(=O)O[C@H](C[C@H](C(C)C)N(C)C(=O)C1(NC(=O)[C@H]2CCCCN2C)CC1)c1nc(C(=O)N[C@@H](Cc2cc(F)cc(F)c2)C[C@H](C)C(=O)O)cs1. The number of hydrogen-bond donors (Lipinski definition) is 3. The predicted octanol–water partition coefficient (Wildman–Crippen LogP) is 4.48. The number of nitrogens with one attached hydrogen (secondary N) is 2. The number of aromatic nitrogens is 1. The van der Waals surface area contributed by atoms with Crippen LogP contribution in [-0.4, -0.2) is 93.9 Å². The molecule has 3 N–H and O–H groups in total. The van der Waals surface area contributed by atoms with Crippen molar-refractivity contribution in [1.29, 1.82) is 0 Å². The summed E-state index contributed by atoms with van der Waals surface area (Å²) in [5, 5.41) is 17.1. The summed E-state index contributed by atoms with van der Waals surface area (Å²) in [4.78, 5) is 72.5. The fourth-order valence-electron chi connectivity index (χ4n) is 6.76. The summed E-state index contributed by atoms with van der Waals surface area (Å²) in [6.45, 7) is 7.44. The van der Waals surface area contributed by atoms with Crippen molar-refractivity contribution in [3.63, 3.8) is 0 Å². The molecule has 12 nitrogen and oxygen atoms in total. The zero-order valence-electron chi connectivity index (χ0n) is 30.0. The molecular weight excluding hydrogens is 684 g/mol. The summed E-state index contributed by atoms with van der Waals surface area (Å²) in [5.41, 5.74) is -0.744. The summed E-state index contributed by atoms with van der Waals surface area (Å²) < 4.78 is 33.5. The highest BCUT2D eigenvalue weighted by atomic mass is 32.1. The molecule has 15 heteroatoms. The van der Waals surface area contributed by atoms with Gasteiger partial charge in [0.25, 0.3) is 5.91 Å². The number of rotatable bonds is 16. The predicted molar refractivity (Wildman–Crippen MR) is 186 cm³/mol. The van der Waals surface area contributed by atoms with E-state index in [1.54, 1.807) is 11.9 Å². The molecule has 2 fully saturated rings. The lowest BCUT2D eigenvalue weighted by Crippen LogP contribution is -2.57. The summed E-state index contributed by atoms with van der Waals surface area (Å²) >= 11 is 1.09. The lowest BCUT2D eigenvalue weighted by atomic mass is 9.95. The molecule has 5 atom stereocenters. The maximum Gasteiger partial charge on any atom is 0.306 e. The summed E-state index contributed by atoms with van der Waals surface area (Å²) in [6, 6.07) is 1.48. The molecule has 0 spiro atoms. The Balaban J connectivity index is 1.49. The second kappa shape index (κ2) is 17.0. The first kappa shape index (κ1) is 39.8.